The van der Waals surface area contributed by atoms with Crippen molar-refractivity contribution in [2.24, 2.45) is 50.7 Å². The number of likely N-dealkylation sites (tertiary alicyclic amines) is 1. The van der Waals surface area contributed by atoms with E-state index in [1.165, 1.54) is 5.57 Å². The number of Topliss-reactive ketones (excluding diaryl/α,β-unsaturated/α-hetero) is 1. The molecular weight excluding hydrogens is 588 g/mol. The number of carbonyl (C=O) groups is 3. The van der Waals surface area contributed by atoms with E-state index in [2.05, 4.69) is 53.8 Å². The molecule has 47 heavy (non-hydrogen) atoms. The van der Waals surface area contributed by atoms with Gasteiger partial charge in [0.2, 0.25) is 5.91 Å². The summed E-state index contributed by atoms with van der Waals surface area (Å²) in [4.78, 5) is 43.3. The van der Waals surface area contributed by atoms with Crippen molar-refractivity contribution < 1.29 is 24.2 Å². The monoisotopic (exact) mass is 652 g/mol. The van der Waals surface area contributed by atoms with Gasteiger partial charge in [-0.15, -0.1) is 0 Å². The molecule has 0 aromatic carbocycles. The van der Waals surface area contributed by atoms with Gasteiger partial charge in [-0.3, -0.25) is 9.59 Å². The molecule has 0 spiro atoms. The van der Waals surface area contributed by atoms with Crippen LogP contribution in [0.1, 0.15) is 140 Å². The Kier molecular flexibility index (Phi) is 8.42. The summed E-state index contributed by atoms with van der Waals surface area (Å²) in [5, 5.41) is 14.4. The summed E-state index contributed by atoms with van der Waals surface area (Å²) in [6.07, 6.45) is 9.45. The Labute approximate surface area is 284 Å². The molecule has 4 saturated carbocycles. The van der Waals surface area contributed by atoms with Crippen LogP contribution in [0, 0.1) is 50.7 Å². The highest BCUT2D eigenvalue weighted by Gasteiger charge is 2.70. The predicted octanol–water partition coefficient (Wildman–Crippen LogP) is 7.84. The first-order chi connectivity index (χ1) is 21.7. The summed E-state index contributed by atoms with van der Waals surface area (Å²) in [5.41, 5.74) is 0.916. The molecule has 0 bridgehead atoms. The molecule has 1 aliphatic heterocycles. The number of ether oxygens (including phenoxy) is 1. The molecule has 5 fully saturated rings. The van der Waals surface area contributed by atoms with Crippen molar-refractivity contribution >= 4 is 17.8 Å². The van der Waals surface area contributed by atoms with E-state index in [1.54, 1.807) is 4.90 Å². The Bertz CT molecular complexity index is 1340. The summed E-state index contributed by atoms with van der Waals surface area (Å²) >= 11 is 0. The van der Waals surface area contributed by atoms with Gasteiger partial charge in [0.1, 0.15) is 5.60 Å². The number of amides is 2. The van der Waals surface area contributed by atoms with Crippen molar-refractivity contribution in [2.75, 3.05) is 13.1 Å². The van der Waals surface area contributed by atoms with E-state index in [-0.39, 0.29) is 69.8 Å². The first-order valence-electron chi connectivity index (χ1n) is 19.0. The largest absolute Gasteiger partial charge is 0.444 e. The molecule has 6 rings (SSSR count). The van der Waals surface area contributed by atoms with Crippen LogP contribution in [0.25, 0.3) is 0 Å². The molecule has 7 nitrogen and oxygen atoms in total. The predicted molar refractivity (Wildman–Crippen MR) is 184 cm³/mol. The third-order valence-electron chi connectivity index (χ3n) is 15.3. The number of ketones is 1. The maximum absolute atomic E-state index is 14.6. The van der Waals surface area contributed by atoms with E-state index in [1.807, 2.05) is 20.8 Å². The number of carbonyl (C=O) groups excluding carboxylic acids is 3. The zero-order valence-corrected chi connectivity index (χ0v) is 31.2. The summed E-state index contributed by atoms with van der Waals surface area (Å²) in [6, 6.07) is -0.100. The fraction of sp³-hybridized carbons (Fsp3) is 0.875. The van der Waals surface area contributed by atoms with Gasteiger partial charge in [0, 0.05) is 19.5 Å². The second kappa shape index (κ2) is 11.3. The maximum atomic E-state index is 14.6. The number of hydrogen-bond donors (Lipinski definition) is 2. The molecule has 4 unspecified atom stereocenters. The van der Waals surface area contributed by atoms with Crippen LogP contribution in [0.3, 0.4) is 0 Å². The lowest BCUT2D eigenvalue weighted by atomic mass is 9.33. The van der Waals surface area contributed by atoms with Gasteiger partial charge in [0.15, 0.2) is 5.78 Å². The van der Waals surface area contributed by atoms with Crippen molar-refractivity contribution in [1.29, 1.82) is 0 Å². The fourth-order valence-electron chi connectivity index (χ4n) is 12.9. The van der Waals surface area contributed by atoms with Gasteiger partial charge in [0.25, 0.3) is 0 Å². The summed E-state index contributed by atoms with van der Waals surface area (Å²) in [6.45, 7) is 23.1. The molecule has 0 radical (unpaired) electrons. The van der Waals surface area contributed by atoms with Crippen LogP contribution < -0.4 is 5.32 Å². The number of nitrogens with one attached hydrogen (secondary N) is 1. The molecular formula is C40H64N2O5. The topological polar surface area (TPSA) is 95.9 Å². The third-order valence-corrected chi connectivity index (χ3v) is 15.3. The number of aliphatic hydroxyl groups is 1. The molecule has 7 heteroatoms. The van der Waals surface area contributed by atoms with Crippen molar-refractivity contribution in [1.82, 2.24) is 10.2 Å². The number of fused-ring (bicyclic) bond motifs is 7. The maximum Gasteiger partial charge on any atom is 0.410 e. The van der Waals surface area contributed by atoms with Crippen LogP contribution in [-0.2, 0) is 14.3 Å². The first kappa shape index (κ1) is 35.0. The Morgan fingerprint density at radius 1 is 0.936 bits per heavy atom. The zero-order chi connectivity index (χ0) is 34.5. The fourth-order valence-corrected chi connectivity index (χ4v) is 12.9. The number of hydrogen-bond acceptors (Lipinski definition) is 5. The van der Waals surface area contributed by atoms with Crippen LogP contribution in [0.4, 0.5) is 4.79 Å². The lowest BCUT2D eigenvalue weighted by Crippen LogP contribution is -2.66. The highest BCUT2D eigenvalue weighted by atomic mass is 16.6. The van der Waals surface area contributed by atoms with E-state index in [0.717, 1.165) is 63.4 Å². The minimum Gasteiger partial charge on any atom is -0.444 e. The average molecular weight is 653 g/mol. The quantitative estimate of drug-likeness (QED) is 0.323. The SMILES string of the molecule is CC(C)C1=C2C3CCC4[C@@]5(C)CC[C@H](O)C(C)(C)C5CC[C@@]4(C)[C@]3(C)CC[C@@]2(C(=O)NCC2CCCN2C(=O)OC(C)(C)C)CC1=O. The Balaban J connectivity index is 1.30. The minimum absolute atomic E-state index is 0.00700. The summed E-state index contributed by atoms with van der Waals surface area (Å²) in [7, 11) is 0. The smallest absolute Gasteiger partial charge is 0.410 e. The van der Waals surface area contributed by atoms with Crippen molar-refractivity contribution in [3.05, 3.63) is 11.1 Å². The molecule has 1 saturated heterocycles. The molecule has 0 aromatic rings. The van der Waals surface area contributed by atoms with Gasteiger partial charge in [0.05, 0.1) is 17.6 Å². The molecule has 9 atom stereocenters. The second-order valence-corrected chi connectivity index (χ2v) is 19.3. The number of allylic oxidation sites excluding steroid dienone is 1. The van der Waals surface area contributed by atoms with Crippen LogP contribution in [-0.4, -0.2) is 58.6 Å². The van der Waals surface area contributed by atoms with Crippen LogP contribution in [0.15, 0.2) is 11.1 Å². The van der Waals surface area contributed by atoms with Gasteiger partial charge < -0.3 is 20.1 Å². The standard InChI is InChI=1S/C40H64N2O5/c1-24(2)31-27(43)22-40(33(45)41-23-25-12-11-21-42(25)34(46)47-35(3,4)5)20-19-38(9)26(32(31)40)13-14-29-37(8)17-16-30(44)36(6,7)28(37)15-18-39(29,38)10/h24-26,28-30,44H,11-23H2,1-10H3,(H,41,45)/t25?,26?,28?,29?,30-,37-,38+,39+,40+/m0/s1. The Morgan fingerprint density at radius 2 is 1.64 bits per heavy atom. The van der Waals surface area contributed by atoms with Gasteiger partial charge >= 0.3 is 6.09 Å². The number of nitrogens with zero attached hydrogens (tertiary/aromatic N) is 1. The lowest BCUT2D eigenvalue weighted by Gasteiger charge is -2.72. The van der Waals surface area contributed by atoms with Gasteiger partial charge in [-0.05, 0) is 141 Å². The summed E-state index contributed by atoms with van der Waals surface area (Å²) in [5.74, 6) is 1.49. The van der Waals surface area contributed by atoms with Crippen LogP contribution in [0.2, 0.25) is 0 Å². The molecule has 5 aliphatic carbocycles. The third kappa shape index (κ3) is 5.08. The average Bonchev–Trinajstić information content (AvgIpc) is 3.56. The first-order valence-corrected chi connectivity index (χ1v) is 19.0. The van der Waals surface area contributed by atoms with Crippen molar-refractivity contribution in [3.8, 4) is 0 Å². The number of rotatable bonds is 4. The highest BCUT2D eigenvalue weighted by molar-refractivity contribution is 6.07. The Hall–Kier alpha value is -1.89. The molecule has 2 amide bonds. The van der Waals surface area contributed by atoms with E-state index in [4.69, 9.17) is 4.74 Å². The molecule has 6 aliphatic rings. The van der Waals surface area contributed by atoms with Crippen molar-refractivity contribution in [3.63, 3.8) is 0 Å². The second-order valence-electron chi connectivity index (χ2n) is 19.3. The van der Waals surface area contributed by atoms with Crippen molar-refractivity contribution in [2.45, 2.75) is 158 Å². The van der Waals surface area contributed by atoms with Crippen LogP contribution >= 0.6 is 0 Å². The van der Waals surface area contributed by atoms with Gasteiger partial charge in [-0.2, -0.15) is 0 Å². The normalized spacial score (nSPS) is 42.9. The molecule has 264 valence electrons. The molecule has 2 N–H and O–H groups in total. The van der Waals surface area contributed by atoms with Crippen LogP contribution in [0.5, 0.6) is 0 Å². The number of aliphatic hydroxyl groups excluding tert-OH is 1. The van der Waals surface area contributed by atoms with E-state index in [0.29, 0.717) is 31.3 Å². The molecule has 0 aromatic heterocycles. The van der Waals surface area contributed by atoms with Gasteiger partial charge in [-0.25, -0.2) is 4.79 Å². The minimum atomic E-state index is -0.794. The molecule has 1 heterocycles. The lowest BCUT2D eigenvalue weighted by molar-refractivity contribution is -0.228. The van der Waals surface area contributed by atoms with E-state index in [9.17, 15) is 19.5 Å². The van der Waals surface area contributed by atoms with Gasteiger partial charge in [-0.1, -0.05) is 48.5 Å². The Morgan fingerprint density at radius 3 is 2.30 bits per heavy atom. The highest BCUT2D eigenvalue weighted by Crippen LogP contribution is 2.76. The van der Waals surface area contributed by atoms with E-state index < -0.39 is 11.0 Å². The van der Waals surface area contributed by atoms with E-state index >= 15 is 0 Å². The summed E-state index contributed by atoms with van der Waals surface area (Å²) < 4.78 is 5.69. The zero-order valence-electron chi connectivity index (χ0n) is 31.2.